The fourth-order valence-electron chi connectivity index (χ4n) is 3.63. The van der Waals surface area contributed by atoms with E-state index in [-0.39, 0.29) is 23.3 Å². The third-order valence-electron chi connectivity index (χ3n) is 4.98. The zero-order valence-corrected chi connectivity index (χ0v) is 15.5. The Morgan fingerprint density at radius 3 is 2.68 bits per heavy atom. The number of nitrogens with one attached hydrogen (secondary N) is 1. The van der Waals surface area contributed by atoms with Crippen LogP contribution in [0.5, 0.6) is 5.75 Å². The van der Waals surface area contributed by atoms with Crippen molar-refractivity contribution in [3.8, 4) is 11.8 Å². The number of aromatic nitrogens is 1. The third-order valence-corrected chi connectivity index (χ3v) is 4.98. The molecule has 0 saturated heterocycles. The predicted octanol–water partition coefficient (Wildman–Crippen LogP) is 4.24. The summed E-state index contributed by atoms with van der Waals surface area (Å²) in [7, 11) is 0. The van der Waals surface area contributed by atoms with Crippen molar-refractivity contribution >= 4 is 0 Å². The van der Waals surface area contributed by atoms with E-state index in [0.717, 1.165) is 18.5 Å². The molecule has 1 aromatic rings. The molecule has 0 spiro atoms. The SMILES string of the molecule is CCCCCCCCC(C)C1C(C#N)=C(N)Oc2cc(C)[nH]c(=O)c21. The van der Waals surface area contributed by atoms with Crippen LogP contribution in [-0.2, 0) is 0 Å². The Morgan fingerprint density at radius 2 is 2.00 bits per heavy atom. The zero-order chi connectivity index (χ0) is 18.4. The van der Waals surface area contributed by atoms with Crippen molar-refractivity contribution in [1.82, 2.24) is 4.98 Å². The van der Waals surface area contributed by atoms with Gasteiger partial charge in [-0.25, -0.2) is 0 Å². The number of hydrogen-bond donors (Lipinski definition) is 2. The number of rotatable bonds is 8. The molecular weight excluding hydrogens is 314 g/mol. The van der Waals surface area contributed by atoms with Gasteiger partial charge in [0.2, 0.25) is 5.88 Å². The minimum Gasteiger partial charge on any atom is -0.440 e. The Labute approximate surface area is 149 Å². The van der Waals surface area contributed by atoms with Crippen LogP contribution < -0.4 is 16.0 Å². The van der Waals surface area contributed by atoms with Gasteiger partial charge in [-0.05, 0) is 19.3 Å². The molecule has 0 aliphatic carbocycles. The number of allylic oxidation sites excluding steroid dienone is 1. The quantitative estimate of drug-likeness (QED) is 0.691. The van der Waals surface area contributed by atoms with Crippen LogP contribution in [0.15, 0.2) is 22.3 Å². The molecule has 1 aliphatic heterocycles. The Hall–Kier alpha value is -2.22. The molecule has 5 nitrogen and oxygen atoms in total. The van der Waals surface area contributed by atoms with Crippen LogP contribution in [0.2, 0.25) is 0 Å². The molecule has 5 heteroatoms. The molecule has 2 atom stereocenters. The van der Waals surface area contributed by atoms with E-state index in [2.05, 4.69) is 24.9 Å². The topological polar surface area (TPSA) is 91.9 Å². The number of nitrogens with two attached hydrogens (primary N) is 1. The average molecular weight is 343 g/mol. The average Bonchev–Trinajstić information content (AvgIpc) is 2.56. The largest absolute Gasteiger partial charge is 0.440 e. The van der Waals surface area contributed by atoms with Gasteiger partial charge < -0.3 is 15.5 Å². The zero-order valence-electron chi connectivity index (χ0n) is 15.5. The van der Waals surface area contributed by atoms with Crippen molar-refractivity contribution in [3.63, 3.8) is 0 Å². The van der Waals surface area contributed by atoms with Gasteiger partial charge in [0.25, 0.3) is 5.56 Å². The van der Waals surface area contributed by atoms with Gasteiger partial charge in [-0.1, -0.05) is 52.4 Å². The fourth-order valence-corrected chi connectivity index (χ4v) is 3.63. The molecule has 2 heterocycles. The first kappa shape index (κ1) is 19.1. The first-order valence-corrected chi connectivity index (χ1v) is 9.31. The number of H-pyrrole nitrogens is 1. The Balaban J connectivity index is 2.17. The van der Waals surface area contributed by atoms with Crippen molar-refractivity contribution < 1.29 is 4.74 Å². The Kier molecular flexibility index (Phi) is 6.69. The molecule has 136 valence electrons. The maximum absolute atomic E-state index is 12.5. The Bertz CT molecular complexity index is 727. The molecule has 0 radical (unpaired) electrons. The van der Waals surface area contributed by atoms with E-state index in [4.69, 9.17) is 10.5 Å². The number of aryl methyl sites for hydroxylation is 1. The summed E-state index contributed by atoms with van der Waals surface area (Å²) in [5.41, 5.74) is 7.41. The van der Waals surface area contributed by atoms with Crippen molar-refractivity contribution in [1.29, 1.82) is 5.26 Å². The summed E-state index contributed by atoms with van der Waals surface area (Å²) in [5.74, 6) is 0.469. The molecule has 0 aromatic carbocycles. The van der Waals surface area contributed by atoms with E-state index in [1.54, 1.807) is 13.0 Å². The van der Waals surface area contributed by atoms with Crippen LogP contribution in [0.1, 0.15) is 76.0 Å². The number of unbranched alkanes of at least 4 members (excludes halogenated alkanes) is 5. The highest BCUT2D eigenvalue weighted by Gasteiger charge is 2.35. The maximum atomic E-state index is 12.5. The monoisotopic (exact) mass is 343 g/mol. The van der Waals surface area contributed by atoms with Gasteiger partial charge in [-0.3, -0.25) is 4.79 Å². The second-order valence-corrected chi connectivity index (χ2v) is 7.06. The van der Waals surface area contributed by atoms with Gasteiger partial charge in [-0.2, -0.15) is 5.26 Å². The number of nitrogens with zero attached hydrogens (tertiary/aromatic N) is 1. The third kappa shape index (κ3) is 4.45. The summed E-state index contributed by atoms with van der Waals surface area (Å²) >= 11 is 0. The van der Waals surface area contributed by atoms with Gasteiger partial charge in [-0.15, -0.1) is 0 Å². The normalized spacial score (nSPS) is 17.6. The molecule has 25 heavy (non-hydrogen) atoms. The lowest BCUT2D eigenvalue weighted by molar-refractivity contribution is 0.352. The molecule has 0 fully saturated rings. The van der Waals surface area contributed by atoms with Crippen LogP contribution in [0.25, 0.3) is 0 Å². The lowest BCUT2D eigenvalue weighted by atomic mass is 9.78. The number of pyridine rings is 1. The van der Waals surface area contributed by atoms with Crippen LogP contribution in [0, 0.1) is 24.2 Å². The molecule has 2 rings (SSSR count). The molecule has 0 saturated carbocycles. The summed E-state index contributed by atoms with van der Waals surface area (Å²) in [6.07, 6.45) is 8.30. The number of ether oxygens (including phenoxy) is 1. The summed E-state index contributed by atoms with van der Waals surface area (Å²) in [5, 5.41) is 9.54. The standard InChI is InChI=1S/C20H29N3O2/c1-4-5-6-7-8-9-10-13(2)17-15(12-21)19(22)25-16-11-14(3)23-20(24)18(16)17/h11,13,17H,4-10,22H2,1-3H3,(H,23,24). The van der Waals surface area contributed by atoms with Crippen molar-refractivity contribution in [3.05, 3.63) is 39.1 Å². The predicted molar refractivity (Wildman–Crippen MR) is 99.2 cm³/mol. The number of aromatic amines is 1. The van der Waals surface area contributed by atoms with Crippen molar-refractivity contribution in [2.45, 2.75) is 71.6 Å². The maximum Gasteiger partial charge on any atom is 0.255 e. The Morgan fingerprint density at radius 1 is 1.32 bits per heavy atom. The van der Waals surface area contributed by atoms with Crippen LogP contribution >= 0.6 is 0 Å². The second kappa shape index (κ2) is 8.75. The summed E-state index contributed by atoms with van der Waals surface area (Å²) in [6, 6.07) is 3.94. The lowest BCUT2D eigenvalue weighted by Gasteiger charge is -2.29. The molecule has 3 N–H and O–H groups in total. The van der Waals surface area contributed by atoms with E-state index in [1.807, 2.05) is 0 Å². The van der Waals surface area contributed by atoms with Crippen LogP contribution in [-0.4, -0.2) is 4.98 Å². The molecule has 0 amide bonds. The van der Waals surface area contributed by atoms with Gasteiger partial charge in [0.15, 0.2) is 0 Å². The summed E-state index contributed by atoms with van der Waals surface area (Å²) in [6.45, 7) is 6.11. The minimum absolute atomic E-state index is 0.125. The molecule has 1 aliphatic rings. The smallest absolute Gasteiger partial charge is 0.255 e. The summed E-state index contributed by atoms with van der Waals surface area (Å²) < 4.78 is 5.56. The highest BCUT2D eigenvalue weighted by atomic mass is 16.5. The first-order chi connectivity index (χ1) is 12.0. The van der Waals surface area contributed by atoms with Crippen LogP contribution in [0.3, 0.4) is 0 Å². The molecule has 0 bridgehead atoms. The van der Waals surface area contributed by atoms with E-state index in [1.165, 1.54) is 32.1 Å². The van der Waals surface area contributed by atoms with Gasteiger partial charge >= 0.3 is 0 Å². The van der Waals surface area contributed by atoms with Gasteiger partial charge in [0.1, 0.15) is 11.8 Å². The van der Waals surface area contributed by atoms with E-state index < -0.39 is 0 Å². The highest BCUT2D eigenvalue weighted by Crippen LogP contribution is 2.41. The number of fused-ring (bicyclic) bond motifs is 1. The van der Waals surface area contributed by atoms with E-state index >= 15 is 0 Å². The first-order valence-electron chi connectivity index (χ1n) is 9.31. The van der Waals surface area contributed by atoms with Gasteiger partial charge in [0.05, 0.1) is 11.1 Å². The molecule has 1 aromatic heterocycles. The van der Waals surface area contributed by atoms with E-state index in [0.29, 0.717) is 16.9 Å². The fraction of sp³-hybridized carbons (Fsp3) is 0.600. The number of nitriles is 1. The summed E-state index contributed by atoms with van der Waals surface area (Å²) in [4.78, 5) is 15.3. The van der Waals surface area contributed by atoms with Gasteiger partial charge in [0, 0.05) is 17.7 Å². The lowest BCUT2D eigenvalue weighted by Crippen LogP contribution is -2.30. The second-order valence-electron chi connectivity index (χ2n) is 7.06. The molecular formula is C20H29N3O2. The van der Waals surface area contributed by atoms with Crippen LogP contribution in [0.4, 0.5) is 0 Å². The van der Waals surface area contributed by atoms with E-state index in [9.17, 15) is 10.1 Å². The minimum atomic E-state index is -0.297. The number of hydrogen-bond acceptors (Lipinski definition) is 4. The molecule has 2 unspecified atom stereocenters. The highest BCUT2D eigenvalue weighted by molar-refractivity contribution is 5.49. The van der Waals surface area contributed by atoms with Crippen molar-refractivity contribution in [2.24, 2.45) is 11.7 Å². The van der Waals surface area contributed by atoms with Crippen molar-refractivity contribution in [2.75, 3.05) is 0 Å².